The molecule has 8 nitrogen and oxygen atoms in total. The van der Waals surface area contributed by atoms with Crippen molar-refractivity contribution in [1.82, 2.24) is 20.0 Å². The second-order valence-electron chi connectivity index (χ2n) is 5.92. The number of carbonyl (C=O) groups excluding carboxylic acids is 2. The quantitative estimate of drug-likeness (QED) is 0.526. The second kappa shape index (κ2) is 6.54. The fourth-order valence-electron chi connectivity index (χ4n) is 2.78. The number of carbonyl (C=O) groups is 2. The van der Waals surface area contributed by atoms with Crippen molar-refractivity contribution in [3.8, 4) is 5.75 Å². The number of phenols is 1. The molecule has 0 saturated carbocycles. The summed E-state index contributed by atoms with van der Waals surface area (Å²) in [6.07, 6.45) is 2.27. The molecule has 0 bridgehead atoms. The first-order valence-corrected chi connectivity index (χ1v) is 8.05. The summed E-state index contributed by atoms with van der Waals surface area (Å²) in [5.74, 6) is -2.45. The van der Waals surface area contributed by atoms with Gasteiger partial charge in [-0.1, -0.05) is 18.2 Å². The van der Waals surface area contributed by atoms with Crippen molar-refractivity contribution in [3.63, 3.8) is 0 Å². The van der Waals surface area contributed by atoms with E-state index in [0.717, 1.165) is 35.3 Å². The summed E-state index contributed by atoms with van der Waals surface area (Å²) in [5.41, 5.74) is -0.765. The average Bonchev–Trinajstić information content (AvgIpc) is 3.19. The lowest BCUT2D eigenvalue weighted by Crippen LogP contribution is -2.19. The molecule has 0 aliphatic heterocycles. The van der Waals surface area contributed by atoms with Crippen LogP contribution >= 0.6 is 0 Å². The molecule has 28 heavy (non-hydrogen) atoms. The summed E-state index contributed by atoms with van der Waals surface area (Å²) < 4.78 is 14.3. The number of hydrogen-bond acceptors (Lipinski definition) is 6. The maximum Gasteiger partial charge on any atom is 0.299 e. The Morgan fingerprint density at radius 2 is 1.86 bits per heavy atom. The standard InChI is InChI=1S/C19H11FN4O4/c20-11-5-6-15(25)14(7-11)17(26)10-8-21-24(9-10)19(28)16-12-3-1-2-4-13(12)18(27)23-22-16/h1-9,25H,(H,23,27). The zero-order valence-corrected chi connectivity index (χ0v) is 14.1. The van der Waals surface area contributed by atoms with Crippen molar-refractivity contribution >= 4 is 22.5 Å². The highest BCUT2D eigenvalue weighted by atomic mass is 19.1. The third kappa shape index (κ3) is 2.84. The van der Waals surface area contributed by atoms with Gasteiger partial charge in [0.2, 0.25) is 0 Å². The summed E-state index contributed by atoms with van der Waals surface area (Å²) in [6, 6.07) is 9.42. The van der Waals surface area contributed by atoms with E-state index in [-0.39, 0.29) is 22.2 Å². The van der Waals surface area contributed by atoms with Gasteiger partial charge in [0.15, 0.2) is 11.5 Å². The second-order valence-corrected chi connectivity index (χ2v) is 5.92. The van der Waals surface area contributed by atoms with Crippen LogP contribution in [0.1, 0.15) is 26.4 Å². The van der Waals surface area contributed by atoms with Crippen molar-refractivity contribution in [2.45, 2.75) is 0 Å². The third-order valence-electron chi connectivity index (χ3n) is 4.15. The maximum absolute atomic E-state index is 13.4. The van der Waals surface area contributed by atoms with E-state index in [1.807, 2.05) is 0 Å². The van der Waals surface area contributed by atoms with Gasteiger partial charge in [-0.15, -0.1) is 0 Å². The Morgan fingerprint density at radius 1 is 1.11 bits per heavy atom. The van der Waals surface area contributed by atoms with Crippen molar-refractivity contribution in [2.24, 2.45) is 0 Å². The van der Waals surface area contributed by atoms with Crippen molar-refractivity contribution < 1.29 is 19.1 Å². The number of nitrogens with zero attached hydrogens (tertiary/aromatic N) is 3. The number of aromatic amines is 1. The maximum atomic E-state index is 13.4. The van der Waals surface area contributed by atoms with Crippen LogP contribution in [0, 0.1) is 5.82 Å². The van der Waals surface area contributed by atoms with Crippen LogP contribution in [0.15, 0.2) is 59.7 Å². The van der Waals surface area contributed by atoms with Gasteiger partial charge in [-0.05, 0) is 24.3 Å². The Balaban J connectivity index is 1.73. The summed E-state index contributed by atoms with van der Waals surface area (Å²) >= 11 is 0. The van der Waals surface area contributed by atoms with Gasteiger partial charge in [0.05, 0.1) is 22.7 Å². The topological polar surface area (TPSA) is 118 Å². The Hall–Kier alpha value is -4.14. The van der Waals surface area contributed by atoms with Crippen LogP contribution in [-0.2, 0) is 0 Å². The summed E-state index contributed by atoms with van der Waals surface area (Å²) in [6.45, 7) is 0. The smallest absolute Gasteiger partial charge is 0.299 e. The first kappa shape index (κ1) is 17.3. The lowest BCUT2D eigenvalue weighted by atomic mass is 10.1. The highest BCUT2D eigenvalue weighted by Crippen LogP contribution is 2.21. The molecule has 0 saturated heterocycles. The van der Waals surface area contributed by atoms with Gasteiger partial charge in [-0.2, -0.15) is 10.2 Å². The number of rotatable bonds is 3. The Kier molecular flexibility index (Phi) is 4.04. The van der Waals surface area contributed by atoms with E-state index >= 15 is 0 Å². The van der Waals surface area contributed by atoms with Crippen LogP contribution in [0.5, 0.6) is 5.75 Å². The summed E-state index contributed by atoms with van der Waals surface area (Å²) in [7, 11) is 0. The molecule has 0 aliphatic rings. The van der Waals surface area contributed by atoms with Gasteiger partial charge in [0.25, 0.3) is 11.5 Å². The van der Waals surface area contributed by atoms with E-state index in [2.05, 4.69) is 15.3 Å². The number of fused-ring (bicyclic) bond motifs is 1. The van der Waals surface area contributed by atoms with E-state index in [9.17, 15) is 23.9 Å². The lowest BCUT2D eigenvalue weighted by Gasteiger charge is -2.04. The molecular formula is C19H11FN4O4. The molecule has 9 heteroatoms. The number of nitrogens with one attached hydrogen (secondary N) is 1. The van der Waals surface area contributed by atoms with Gasteiger partial charge in [-0.3, -0.25) is 14.4 Å². The van der Waals surface area contributed by atoms with Gasteiger partial charge < -0.3 is 5.11 Å². The molecule has 2 N–H and O–H groups in total. The number of aromatic hydroxyl groups is 1. The SMILES string of the molecule is O=C(c1cnn(C(=O)c2n[nH]c(=O)c3ccccc23)c1)c1cc(F)ccc1O. The number of H-pyrrole nitrogens is 1. The third-order valence-corrected chi connectivity index (χ3v) is 4.15. The molecule has 0 spiro atoms. The number of ketones is 1. The summed E-state index contributed by atoms with van der Waals surface area (Å²) in [4.78, 5) is 37.1. The molecule has 0 fully saturated rings. The lowest BCUT2D eigenvalue weighted by molar-refractivity contribution is 0.0941. The molecule has 4 aromatic rings. The number of hydrogen-bond donors (Lipinski definition) is 2. The van der Waals surface area contributed by atoms with E-state index in [4.69, 9.17) is 0 Å². The monoisotopic (exact) mass is 378 g/mol. The first-order chi connectivity index (χ1) is 13.5. The molecule has 0 amide bonds. The van der Waals surface area contributed by atoms with Crippen LogP contribution < -0.4 is 5.56 Å². The molecule has 0 atom stereocenters. The van der Waals surface area contributed by atoms with Crippen molar-refractivity contribution in [2.75, 3.05) is 0 Å². The van der Waals surface area contributed by atoms with Crippen LogP contribution in [0.3, 0.4) is 0 Å². The molecule has 138 valence electrons. The number of phenolic OH excluding ortho intramolecular Hbond substituents is 1. The molecule has 0 radical (unpaired) electrons. The Bertz CT molecular complexity index is 1310. The van der Waals surface area contributed by atoms with E-state index in [1.165, 1.54) is 0 Å². The molecule has 4 rings (SSSR count). The number of halogens is 1. The fourth-order valence-corrected chi connectivity index (χ4v) is 2.78. The van der Waals surface area contributed by atoms with E-state index in [1.54, 1.807) is 24.3 Å². The van der Waals surface area contributed by atoms with Gasteiger partial charge in [0.1, 0.15) is 11.6 Å². The van der Waals surface area contributed by atoms with Crippen molar-refractivity contribution in [1.29, 1.82) is 0 Å². The van der Waals surface area contributed by atoms with Gasteiger partial charge in [-0.25, -0.2) is 14.2 Å². The minimum Gasteiger partial charge on any atom is -0.507 e. The zero-order valence-electron chi connectivity index (χ0n) is 14.1. The van der Waals surface area contributed by atoms with Gasteiger partial charge in [0, 0.05) is 11.6 Å². The minimum absolute atomic E-state index is 0.0250. The molecule has 0 aliphatic carbocycles. The summed E-state index contributed by atoms with van der Waals surface area (Å²) in [5, 5.41) is 20.3. The molecular weight excluding hydrogens is 367 g/mol. The van der Waals surface area contributed by atoms with E-state index < -0.39 is 28.8 Å². The Labute approximate surface area is 155 Å². The highest BCUT2D eigenvalue weighted by molar-refractivity contribution is 6.11. The number of aromatic nitrogens is 4. The molecule has 2 aromatic heterocycles. The average molecular weight is 378 g/mol. The molecule has 2 heterocycles. The predicted octanol–water partition coefficient (Wildman–Crippen LogP) is 1.88. The van der Waals surface area contributed by atoms with Crippen LogP contribution in [-0.4, -0.2) is 36.8 Å². The molecule has 0 unspecified atom stereocenters. The highest BCUT2D eigenvalue weighted by Gasteiger charge is 2.21. The number of benzene rings is 2. The predicted molar refractivity (Wildman–Crippen MR) is 95.8 cm³/mol. The fraction of sp³-hybridized carbons (Fsp3) is 0. The van der Waals surface area contributed by atoms with Crippen LogP contribution in [0.4, 0.5) is 4.39 Å². The van der Waals surface area contributed by atoms with Crippen molar-refractivity contribution in [3.05, 3.63) is 87.9 Å². The van der Waals surface area contributed by atoms with Crippen LogP contribution in [0.25, 0.3) is 10.8 Å². The first-order valence-electron chi connectivity index (χ1n) is 8.05. The Morgan fingerprint density at radius 3 is 2.64 bits per heavy atom. The minimum atomic E-state index is -0.699. The normalized spacial score (nSPS) is 10.9. The molecule has 2 aromatic carbocycles. The van der Waals surface area contributed by atoms with Crippen LogP contribution in [0.2, 0.25) is 0 Å². The zero-order chi connectivity index (χ0) is 19.8. The largest absolute Gasteiger partial charge is 0.507 e. The van der Waals surface area contributed by atoms with E-state index in [0.29, 0.717) is 5.39 Å². The van der Waals surface area contributed by atoms with Gasteiger partial charge >= 0.3 is 0 Å².